The lowest BCUT2D eigenvalue weighted by atomic mass is 9.97. The number of hydrogen-bond donors (Lipinski definition) is 2. The second-order valence-corrected chi connectivity index (χ2v) is 6.41. The van der Waals surface area contributed by atoms with Gasteiger partial charge in [0.1, 0.15) is 5.75 Å². The molecule has 6 heteroatoms. The van der Waals surface area contributed by atoms with Gasteiger partial charge in [-0.15, -0.1) is 0 Å². The van der Waals surface area contributed by atoms with Crippen LogP contribution in [-0.4, -0.2) is 26.1 Å². The largest absolute Gasteiger partial charge is 0.495 e. The molecular weight excluding hydrogens is 376 g/mol. The van der Waals surface area contributed by atoms with Crippen molar-refractivity contribution in [2.24, 2.45) is 11.8 Å². The van der Waals surface area contributed by atoms with Gasteiger partial charge in [-0.1, -0.05) is 6.92 Å². The van der Waals surface area contributed by atoms with E-state index in [1.807, 2.05) is 6.07 Å². The molecule has 2 atom stereocenters. The summed E-state index contributed by atoms with van der Waals surface area (Å²) in [6, 6.07) is 3.67. The highest BCUT2D eigenvalue weighted by Crippen LogP contribution is 2.35. The van der Waals surface area contributed by atoms with E-state index in [9.17, 15) is 4.79 Å². The van der Waals surface area contributed by atoms with E-state index in [4.69, 9.17) is 4.74 Å². The van der Waals surface area contributed by atoms with Gasteiger partial charge in [0.05, 0.1) is 23.2 Å². The van der Waals surface area contributed by atoms with Crippen LogP contribution >= 0.6 is 31.9 Å². The number of benzene rings is 1. The third-order valence-corrected chi connectivity index (χ3v) is 4.63. The molecule has 0 spiro atoms. The fourth-order valence-electron chi connectivity index (χ4n) is 2.17. The maximum absolute atomic E-state index is 12.2. The topological polar surface area (TPSA) is 50.4 Å². The molecule has 2 unspecified atom stereocenters. The number of anilines is 1. The van der Waals surface area contributed by atoms with Crippen LogP contribution in [-0.2, 0) is 4.79 Å². The monoisotopic (exact) mass is 390 g/mol. The Morgan fingerprint density at radius 1 is 1.37 bits per heavy atom. The second kappa shape index (κ2) is 6.24. The second-order valence-electron chi connectivity index (χ2n) is 4.70. The van der Waals surface area contributed by atoms with E-state index in [0.29, 0.717) is 11.7 Å². The van der Waals surface area contributed by atoms with Gasteiger partial charge in [0, 0.05) is 17.1 Å². The summed E-state index contributed by atoms with van der Waals surface area (Å²) in [6.07, 6.45) is 0. The Morgan fingerprint density at radius 3 is 2.68 bits per heavy atom. The Hall–Kier alpha value is -0.590. The predicted octanol–water partition coefficient (Wildman–Crippen LogP) is 3.01. The summed E-state index contributed by atoms with van der Waals surface area (Å²) in [4.78, 5) is 12.2. The lowest BCUT2D eigenvalue weighted by Gasteiger charge is -2.16. The van der Waals surface area contributed by atoms with Crippen molar-refractivity contribution >= 4 is 43.5 Å². The average molecular weight is 392 g/mol. The number of rotatable bonds is 3. The van der Waals surface area contributed by atoms with Crippen LogP contribution < -0.4 is 15.4 Å². The van der Waals surface area contributed by atoms with Crippen LogP contribution in [0.4, 0.5) is 5.69 Å². The van der Waals surface area contributed by atoms with Gasteiger partial charge < -0.3 is 15.4 Å². The Morgan fingerprint density at radius 2 is 2.11 bits per heavy atom. The summed E-state index contributed by atoms with van der Waals surface area (Å²) >= 11 is 6.85. The molecule has 104 valence electrons. The summed E-state index contributed by atoms with van der Waals surface area (Å²) in [7, 11) is 1.60. The zero-order valence-corrected chi connectivity index (χ0v) is 14.0. The van der Waals surface area contributed by atoms with Crippen molar-refractivity contribution in [1.82, 2.24) is 5.32 Å². The fourth-order valence-corrected chi connectivity index (χ4v) is 3.42. The molecular formula is C13H16Br2N2O2. The average Bonchev–Trinajstić information content (AvgIpc) is 2.79. The molecule has 0 aliphatic carbocycles. The lowest BCUT2D eigenvalue weighted by Crippen LogP contribution is -2.28. The van der Waals surface area contributed by atoms with E-state index in [2.05, 4.69) is 49.4 Å². The van der Waals surface area contributed by atoms with Crippen molar-refractivity contribution in [1.29, 1.82) is 0 Å². The molecule has 19 heavy (non-hydrogen) atoms. The van der Waals surface area contributed by atoms with Gasteiger partial charge in [0.25, 0.3) is 0 Å². The normalized spacial score (nSPS) is 22.3. The van der Waals surface area contributed by atoms with Crippen LogP contribution in [0.25, 0.3) is 0 Å². The number of hydrogen-bond acceptors (Lipinski definition) is 3. The van der Waals surface area contributed by atoms with Crippen molar-refractivity contribution < 1.29 is 9.53 Å². The highest BCUT2D eigenvalue weighted by atomic mass is 79.9. The van der Waals surface area contributed by atoms with E-state index in [1.54, 1.807) is 13.2 Å². The number of ether oxygens (including phenoxy) is 1. The number of halogens is 2. The van der Waals surface area contributed by atoms with Crippen LogP contribution in [0.5, 0.6) is 5.75 Å². The maximum Gasteiger partial charge on any atom is 0.229 e. The zero-order chi connectivity index (χ0) is 14.0. The summed E-state index contributed by atoms with van der Waals surface area (Å²) in [5, 5.41) is 6.19. The van der Waals surface area contributed by atoms with E-state index >= 15 is 0 Å². The van der Waals surface area contributed by atoms with Crippen molar-refractivity contribution in [3.8, 4) is 5.75 Å². The molecule has 0 radical (unpaired) electrons. The van der Waals surface area contributed by atoms with Gasteiger partial charge in [-0.25, -0.2) is 0 Å². The SMILES string of the molecule is COc1cc(NC(=O)C2CNCC2C)c(Br)cc1Br. The molecule has 1 heterocycles. The zero-order valence-electron chi connectivity index (χ0n) is 10.8. The van der Waals surface area contributed by atoms with E-state index in [0.717, 1.165) is 27.7 Å². The highest BCUT2D eigenvalue weighted by molar-refractivity contribution is 9.11. The quantitative estimate of drug-likeness (QED) is 0.832. The van der Waals surface area contributed by atoms with Gasteiger partial charge in [0.2, 0.25) is 5.91 Å². The van der Waals surface area contributed by atoms with Crippen LogP contribution in [0.2, 0.25) is 0 Å². The summed E-state index contributed by atoms with van der Waals surface area (Å²) in [5.41, 5.74) is 0.726. The van der Waals surface area contributed by atoms with E-state index < -0.39 is 0 Å². The van der Waals surface area contributed by atoms with Gasteiger partial charge in [0.15, 0.2) is 0 Å². The molecule has 0 aromatic heterocycles. The first-order valence-electron chi connectivity index (χ1n) is 6.07. The molecule has 1 saturated heterocycles. The summed E-state index contributed by atoms with van der Waals surface area (Å²) in [5.74, 6) is 1.11. The highest BCUT2D eigenvalue weighted by Gasteiger charge is 2.29. The summed E-state index contributed by atoms with van der Waals surface area (Å²) < 4.78 is 6.91. The van der Waals surface area contributed by atoms with Crippen molar-refractivity contribution in [3.63, 3.8) is 0 Å². The van der Waals surface area contributed by atoms with Gasteiger partial charge in [-0.3, -0.25) is 4.79 Å². The Labute approximate surface area is 129 Å². The van der Waals surface area contributed by atoms with Crippen molar-refractivity contribution in [2.75, 3.05) is 25.5 Å². The molecule has 2 N–H and O–H groups in total. The number of methoxy groups -OCH3 is 1. The van der Waals surface area contributed by atoms with Crippen molar-refractivity contribution in [2.45, 2.75) is 6.92 Å². The molecule has 1 amide bonds. The molecule has 0 saturated carbocycles. The van der Waals surface area contributed by atoms with Crippen LogP contribution in [0.3, 0.4) is 0 Å². The molecule has 2 rings (SSSR count). The molecule has 4 nitrogen and oxygen atoms in total. The predicted molar refractivity (Wildman–Crippen MR) is 82.5 cm³/mol. The van der Waals surface area contributed by atoms with Gasteiger partial charge >= 0.3 is 0 Å². The number of amides is 1. The Balaban J connectivity index is 2.16. The Bertz CT molecular complexity index is 494. The molecule has 1 fully saturated rings. The first-order chi connectivity index (χ1) is 9.02. The van der Waals surface area contributed by atoms with Gasteiger partial charge in [-0.2, -0.15) is 0 Å². The first-order valence-corrected chi connectivity index (χ1v) is 7.66. The first kappa shape index (κ1) is 14.8. The number of nitrogens with one attached hydrogen (secondary N) is 2. The summed E-state index contributed by atoms with van der Waals surface area (Å²) in [6.45, 7) is 3.71. The molecule has 1 aliphatic rings. The number of carbonyl (C=O) groups is 1. The number of carbonyl (C=O) groups excluding carboxylic acids is 1. The van der Waals surface area contributed by atoms with Crippen molar-refractivity contribution in [3.05, 3.63) is 21.1 Å². The van der Waals surface area contributed by atoms with E-state index in [-0.39, 0.29) is 11.8 Å². The minimum absolute atomic E-state index is 0.0153. The maximum atomic E-state index is 12.2. The Kier molecular flexibility index (Phi) is 4.86. The molecule has 1 aliphatic heterocycles. The smallest absolute Gasteiger partial charge is 0.229 e. The minimum atomic E-state index is 0.0153. The molecule has 1 aromatic rings. The lowest BCUT2D eigenvalue weighted by molar-refractivity contribution is -0.120. The van der Waals surface area contributed by atoms with Crippen LogP contribution in [0.15, 0.2) is 21.1 Å². The fraction of sp³-hybridized carbons (Fsp3) is 0.462. The third kappa shape index (κ3) is 3.30. The molecule has 0 bridgehead atoms. The van der Waals surface area contributed by atoms with Gasteiger partial charge in [-0.05, 0) is 50.4 Å². The van der Waals surface area contributed by atoms with Crippen LogP contribution in [0, 0.1) is 11.8 Å². The standard InChI is InChI=1S/C13H16Br2N2O2/c1-7-5-16-6-8(7)13(18)17-11-4-12(19-2)10(15)3-9(11)14/h3-4,7-8,16H,5-6H2,1-2H3,(H,17,18). The van der Waals surface area contributed by atoms with Crippen LogP contribution in [0.1, 0.15) is 6.92 Å². The third-order valence-electron chi connectivity index (χ3n) is 3.35. The molecule has 1 aromatic carbocycles. The minimum Gasteiger partial charge on any atom is -0.495 e. The van der Waals surface area contributed by atoms with E-state index in [1.165, 1.54) is 0 Å².